The van der Waals surface area contributed by atoms with Gasteiger partial charge in [0.25, 0.3) is 0 Å². The monoisotopic (exact) mass is 381 g/mol. The predicted octanol–water partition coefficient (Wildman–Crippen LogP) is 3.76. The third-order valence-corrected chi connectivity index (χ3v) is 4.12. The number of ether oxygens (including phenoxy) is 2. The van der Waals surface area contributed by atoms with Crippen LogP contribution in [0.2, 0.25) is 5.02 Å². The van der Waals surface area contributed by atoms with Gasteiger partial charge in [-0.3, -0.25) is 4.90 Å². The van der Waals surface area contributed by atoms with Crippen LogP contribution in [0.5, 0.6) is 5.75 Å². The maximum atomic E-state index is 13.1. The molecule has 0 heterocycles. The van der Waals surface area contributed by atoms with Crippen molar-refractivity contribution in [1.29, 1.82) is 0 Å². The standard InChI is InChI=1S/C20H25ClFNO3/c1-25-12-2-11-23(13-16-3-7-18(22)8-4-16)14-19(24)15-26-20-9-5-17(21)6-10-20/h3-10,19,24H,2,11-15H2,1H3/t19-/m1/s1. The van der Waals surface area contributed by atoms with Gasteiger partial charge in [-0.1, -0.05) is 23.7 Å². The number of aliphatic hydroxyl groups excluding tert-OH is 1. The Bertz CT molecular complexity index is 637. The van der Waals surface area contributed by atoms with Gasteiger partial charge in [-0.2, -0.15) is 0 Å². The van der Waals surface area contributed by atoms with Crippen LogP contribution in [-0.2, 0) is 11.3 Å². The molecule has 0 aliphatic heterocycles. The molecule has 1 N–H and O–H groups in total. The molecule has 0 fully saturated rings. The molecule has 142 valence electrons. The number of methoxy groups -OCH3 is 1. The highest BCUT2D eigenvalue weighted by Gasteiger charge is 2.13. The summed E-state index contributed by atoms with van der Waals surface area (Å²) >= 11 is 5.85. The van der Waals surface area contributed by atoms with Crippen LogP contribution in [0, 0.1) is 5.82 Å². The molecule has 2 aromatic rings. The summed E-state index contributed by atoms with van der Waals surface area (Å²) in [5.74, 6) is 0.411. The summed E-state index contributed by atoms with van der Waals surface area (Å²) in [5.41, 5.74) is 0.995. The van der Waals surface area contributed by atoms with Crippen LogP contribution in [-0.4, -0.2) is 49.5 Å². The van der Waals surface area contributed by atoms with Crippen molar-refractivity contribution in [2.45, 2.75) is 19.1 Å². The first-order chi connectivity index (χ1) is 12.6. The lowest BCUT2D eigenvalue weighted by atomic mass is 10.2. The number of nitrogens with zero attached hydrogens (tertiary/aromatic N) is 1. The quantitative estimate of drug-likeness (QED) is 0.602. The normalized spacial score (nSPS) is 12.3. The van der Waals surface area contributed by atoms with Crippen molar-refractivity contribution in [3.63, 3.8) is 0 Å². The van der Waals surface area contributed by atoms with Crippen LogP contribution in [0.15, 0.2) is 48.5 Å². The highest BCUT2D eigenvalue weighted by atomic mass is 35.5. The number of halogens is 2. The first-order valence-electron chi connectivity index (χ1n) is 8.59. The lowest BCUT2D eigenvalue weighted by molar-refractivity contribution is 0.0617. The Morgan fingerprint density at radius 3 is 2.46 bits per heavy atom. The lowest BCUT2D eigenvalue weighted by Gasteiger charge is -2.25. The van der Waals surface area contributed by atoms with Crippen LogP contribution >= 0.6 is 11.6 Å². The van der Waals surface area contributed by atoms with Gasteiger partial charge < -0.3 is 14.6 Å². The fourth-order valence-corrected chi connectivity index (χ4v) is 2.72. The molecule has 0 radical (unpaired) electrons. The van der Waals surface area contributed by atoms with Crippen molar-refractivity contribution in [3.05, 3.63) is 64.9 Å². The Morgan fingerprint density at radius 1 is 1.12 bits per heavy atom. The van der Waals surface area contributed by atoms with Gasteiger partial charge in [-0.15, -0.1) is 0 Å². The Balaban J connectivity index is 1.86. The van der Waals surface area contributed by atoms with Crippen molar-refractivity contribution in [2.75, 3.05) is 33.4 Å². The highest BCUT2D eigenvalue weighted by molar-refractivity contribution is 6.30. The molecule has 0 bridgehead atoms. The smallest absolute Gasteiger partial charge is 0.123 e. The number of aliphatic hydroxyl groups is 1. The van der Waals surface area contributed by atoms with Crippen LogP contribution in [0.3, 0.4) is 0 Å². The van der Waals surface area contributed by atoms with E-state index >= 15 is 0 Å². The van der Waals surface area contributed by atoms with Gasteiger partial charge in [-0.25, -0.2) is 4.39 Å². The van der Waals surface area contributed by atoms with Crippen molar-refractivity contribution < 1.29 is 19.0 Å². The first kappa shape index (κ1) is 20.6. The molecule has 4 nitrogen and oxygen atoms in total. The Labute approximate surface area is 159 Å². The van der Waals surface area contributed by atoms with E-state index in [9.17, 15) is 9.50 Å². The summed E-state index contributed by atoms with van der Waals surface area (Å²) < 4.78 is 23.8. The van der Waals surface area contributed by atoms with Crippen LogP contribution in [0.4, 0.5) is 4.39 Å². The molecule has 0 aliphatic rings. The minimum absolute atomic E-state index is 0.186. The molecule has 0 saturated carbocycles. The number of rotatable bonds is 11. The fourth-order valence-electron chi connectivity index (χ4n) is 2.59. The van der Waals surface area contributed by atoms with Gasteiger partial charge in [0.2, 0.25) is 0 Å². The van der Waals surface area contributed by atoms with E-state index in [1.165, 1.54) is 12.1 Å². The predicted molar refractivity (Wildman–Crippen MR) is 101 cm³/mol. The zero-order valence-corrected chi connectivity index (χ0v) is 15.7. The van der Waals surface area contributed by atoms with Crippen molar-refractivity contribution >= 4 is 11.6 Å². The molecular formula is C20H25ClFNO3. The zero-order chi connectivity index (χ0) is 18.8. The molecule has 0 unspecified atom stereocenters. The third kappa shape index (κ3) is 7.70. The van der Waals surface area contributed by atoms with Crippen molar-refractivity contribution in [1.82, 2.24) is 4.90 Å². The average Bonchev–Trinajstić information content (AvgIpc) is 2.63. The molecule has 2 aromatic carbocycles. The maximum absolute atomic E-state index is 13.1. The van der Waals surface area contributed by atoms with E-state index in [1.54, 1.807) is 43.5 Å². The summed E-state index contributed by atoms with van der Waals surface area (Å²) in [6.45, 7) is 2.68. The van der Waals surface area contributed by atoms with E-state index in [2.05, 4.69) is 4.90 Å². The third-order valence-electron chi connectivity index (χ3n) is 3.87. The van der Waals surface area contributed by atoms with E-state index in [0.717, 1.165) is 18.5 Å². The van der Waals surface area contributed by atoms with E-state index in [1.807, 2.05) is 0 Å². The van der Waals surface area contributed by atoms with Gasteiger partial charge in [0.15, 0.2) is 0 Å². The van der Waals surface area contributed by atoms with Gasteiger partial charge in [-0.05, 0) is 48.4 Å². The van der Waals surface area contributed by atoms with Gasteiger partial charge in [0.1, 0.15) is 24.3 Å². The van der Waals surface area contributed by atoms with E-state index < -0.39 is 6.10 Å². The Morgan fingerprint density at radius 2 is 1.81 bits per heavy atom. The summed E-state index contributed by atoms with van der Waals surface area (Å²) in [4.78, 5) is 2.11. The molecule has 26 heavy (non-hydrogen) atoms. The summed E-state index contributed by atoms with van der Waals surface area (Å²) in [7, 11) is 1.67. The minimum atomic E-state index is -0.645. The van der Waals surface area contributed by atoms with E-state index in [4.69, 9.17) is 21.1 Å². The minimum Gasteiger partial charge on any atom is -0.491 e. The molecule has 1 atom stereocenters. The van der Waals surface area contributed by atoms with Crippen LogP contribution < -0.4 is 4.74 Å². The summed E-state index contributed by atoms with van der Waals surface area (Å²) in [6, 6.07) is 13.4. The molecule has 6 heteroatoms. The van der Waals surface area contributed by atoms with Crippen LogP contribution in [0.1, 0.15) is 12.0 Å². The zero-order valence-electron chi connectivity index (χ0n) is 14.9. The largest absolute Gasteiger partial charge is 0.491 e. The second-order valence-electron chi connectivity index (χ2n) is 6.13. The van der Waals surface area contributed by atoms with Gasteiger partial charge >= 0.3 is 0 Å². The maximum Gasteiger partial charge on any atom is 0.123 e. The Hall–Kier alpha value is -1.66. The van der Waals surface area contributed by atoms with Gasteiger partial charge in [0, 0.05) is 38.4 Å². The molecule has 0 aromatic heterocycles. The summed E-state index contributed by atoms with van der Waals surface area (Å²) in [6.07, 6.45) is 0.205. The van der Waals surface area contributed by atoms with Crippen molar-refractivity contribution in [2.24, 2.45) is 0 Å². The highest BCUT2D eigenvalue weighted by Crippen LogP contribution is 2.16. The van der Waals surface area contributed by atoms with E-state index in [0.29, 0.717) is 30.5 Å². The molecule has 0 amide bonds. The molecule has 0 spiro atoms. The number of hydrogen-bond acceptors (Lipinski definition) is 4. The lowest BCUT2D eigenvalue weighted by Crippen LogP contribution is -2.36. The molecular weight excluding hydrogens is 357 g/mol. The summed E-state index contributed by atoms with van der Waals surface area (Å²) in [5, 5.41) is 11.0. The van der Waals surface area contributed by atoms with Crippen molar-refractivity contribution in [3.8, 4) is 5.75 Å². The topological polar surface area (TPSA) is 41.9 Å². The van der Waals surface area contributed by atoms with Gasteiger partial charge in [0.05, 0.1) is 0 Å². The molecule has 0 saturated heterocycles. The Kier molecular flexibility index (Phi) is 8.85. The molecule has 2 rings (SSSR count). The molecule has 0 aliphatic carbocycles. The second kappa shape index (κ2) is 11.1. The average molecular weight is 382 g/mol. The number of benzene rings is 2. The fraction of sp³-hybridized carbons (Fsp3) is 0.400. The SMILES string of the molecule is COCCCN(Cc1ccc(F)cc1)C[C@@H](O)COc1ccc(Cl)cc1. The second-order valence-corrected chi connectivity index (χ2v) is 6.56. The first-order valence-corrected chi connectivity index (χ1v) is 8.97. The van der Waals surface area contributed by atoms with E-state index in [-0.39, 0.29) is 12.4 Å². The van der Waals surface area contributed by atoms with Crippen LogP contribution in [0.25, 0.3) is 0 Å². The number of hydrogen-bond donors (Lipinski definition) is 1.